The number of fused-ring (bicyclic) bond motifs is 5. The highest BCUT2D eigenvalue weighted by molar-refractivity contribution is 6.24. The van der Waals surface area contributed by atoms with Crippen LogP contribution in [0.3, 0.4) is 0 Å². The molecular formula is C56H36. The fraction of sp³-hybridized carbons (Fsp3) is 0. The van der Waals surface area contributed by atoms with Crippen molar-refractivity contribution in [2.24, 2.45) is 0 Å². The third kappa shape index (κ3) is 5.30. The standard InChI is InChI=1S/C56H36/c1-4-18-45-38(12-1)15-9-23-47(45)41-28-26-37(27-29-41)44-34-35-53-54(36-44)55(43-32-30-42(31-33-43)48-24-10-16-39-13-2-5-19-46(39)48)51-21-7-8-22-52(51)56(53)50-25-11-17-40-14-3-6-20-49(40)50/h1-36H. The van der Waals surface area contributed by atoms with Crippen molar-refractivity contribution in [3.8, 4) is 55.6 Å². The van der Waals surface area contributed by atoms with E-state index in [0.717, 1.165) is 0 Å². The zero-order chi connectivity index (χ0) is 37.0. The van der Waals surface area contributed by atoms with Crippen molar-refractivity contribution < 1.29 is 0 Å². The van der Waals surface area contributed by atoms with Gasteiger partial charge in [-0.3, -0.25) is 0 Å². The Balaban J connectivity index is 1.13. The van der Waals surface area contributed by atoms with E-state index < -0.39 is 0 Å². The Morgan fingerprint density at radius 3 is 1.07 bits per heavy atom. The molecule has 0 aliphatic heterocycles. The fourth-order valence-corrected chi connectivity index (χ4v) is 9.02. The van der Waals surface area contributed by atoms with Crippen LogP contribution in [-0.2, 0) is 0 Å². The monoisotopic (exact) mass is 708 g/mol. The smallest absolute Gasteiger partial charge is 0.00201 e. The molecule has 0 amide bonds. The SMILES string of the molecule is c1ccc2c(-c3ccc(-c4ccc5c(-c6cccc7ccccc67)c6ccccc6c(-c6ccc(-c7cccc8ccccc78)cc6)c5c4)cc3)cccc2c1. The van der Waals surface area contributed by atoms with Gasteiger partial charge in [0.25, 0.3) is 0 Å². The zero-order valence-corrected chi connectivity index (χ0v) is 30.8. The van der Waals surface area contributed by atoms with Crippen LogP contribution in [0.1, 0.15) is 0 Å². The Labute approximate surface area is 326 Å². The van der Waals surface area contributed by atoms with E-state index in [-0.39, 0.29) is 0 Å². The second-order valence-electron chi connectivity index (χ2n) is 14.8. The lowest BCUT2D eigenvalue weighted by Gasteiger charge is -2.20. The molecule has 0 unspecified atom stereocenters. The molecule has 0 spiro atoms. The molecule has 0 fully saturated rings. The van der Waals surface area contributed by atoms with Gasteiger partial charge in [0.1, 0.15) is 0 Å². The van der Waals surface area contributed by atoms with Gasteiger partial charge >= 0.3 is 0 Å². The van der Waals surface area contributed by atoms with Gasteiger partial charge in [-0.2, -0.15) is 0 Å². The molecular weight excluding hydrogens is 673 g/mol. The summed E-state index contributed by atoms with van der Waals surface area (Å²) in [6, 6.07) is 80.4. The van der Waals surface area contributed by atoms with Gasteiger partial charge in [0, 0.05) is 0 Å². The molecule has 260 valence electrons. The van der Waals surface area contributed by atoms with E-state index in [1.807, 2.05) is 0 Å². The molecule has 0 N–H and O–H groups in total. The van der Waals surface area contributed by atoms with E-state index in [4.69, 9.17) is 0 Å². The summed E-state index contributed by atoms with van der Waals surface area (Å²) in [4.78, 5) is 0. The first-order valence-corrected chi connectivity index (χ1v) is 19.4. The maximum atomic E-state index is 2.43. The van der Waals surface area contributed by atoms with Crippen molar-refractivity contribution in [2.75, 3.05) is 0 Å². The van der Waals surface area contributed by atoms with Crippen molar-refractivity contribution in [3.63, 3.8) is 0 Å². The van der Waals surface area contributed by atoms with Crippen molar-refractivity contribution in [1.82, 2.24) is 0 Å². The maximum Gasteiger partial charge on any atom is -0.00201 e. The molecule has 11 rings (SSSR count). The van der Waals surface area contributed by atoms with Crippen molar-refractivity contribution in [2.45, 2.75) is 0 Å². The van der Waals surface area contributed by atoms with Gasteiger partial charge in [0.05, 0.1) is 0 Å². The van der Waals surface area contributed by atoms with Gasteiger partial charge in [-0.05, 0) is 116 Å². The van der Waals surface area contributed by atoms with Gasteiger partial charge in [-0.25, -0.2) is 0 Å². The molecule has 0 bridgehead atoms. The summed E-state index contributed by atoms with van der Waals surface area (Å²) in [6.45, 7) is 0. The molecule has 0 heteroatoms. The highest BCUT2D eigenvalue weighted by atomic mass is 14.2. The van der Waals surface area contributed by atoms with Crippen LogP contribution in [0.5, 0.6) is 0 Å². The largest absolute Gasteiger partial charge is 0.0616 e. The van der Waals surface area contributed by atoms with Crippen LogP contribution in [0.4, 0.5) is 0 Å². The Hall–Kier alpha value is -7.28. The van der Waals surface area contributed by atoms with Gasteiger partial charge in [-0.1, -0.05) is 212 Å². The van der Waals surface area contributed by atoms with Gasteiger partial charge in [-0.15, -0.1) is 0 Å². The molecule has 0 radical (unpaired) electrons. The third-order valence-electron chi connectivity index (χ3n) is 11.7. The molecule has 0 saturated heterocycles. The average molecular weight is 709 g/mol. The predicted molar refractivity (Wildman–Crippen MR) is 241 cm³/mol. The topological polar surface area (TPSA) is 0 Å². The fourth-order valence-electron chi connectivity index (χ4n) is 9.02. The summed E-state index contributed by atoms with van der Waals surface area (Å²) in [5.74, 6) is 0. The second-order valence-corrected chi connectivity index (χ2v) is 14.8. The molecule has 56 heavy (non-hydrogen) atoms. The Kier molecular flexibility index (Phi) is 7.60. The van der Waals surface area contributed by atoms with Crippen molar-refractivity contribution >= 4 is 53.9 Å². The molecule has 0 saturated carbocycles. The van der Waals surface area contributed by atoms with Crippen molar-refractivity contribution in [1.29, 1.82) is 0 Å². The molecule has 0 aliphatic carbocycles. The Morgan fingerprint density at radius 2 is 0.536 bits per heavy atom. The lowest BCUT2D eigenvalue weighted by atomic mass is 9.83. The highest BCUT2D eigenvalue weighted by Crippen LogP contribution is 2.47. The van der Waals surface area contributed by atoms with E-state index in [2.05, 4.69) is 218 Å². The Bertz CT molecular complexity index is 3260. The van der Waals surface area contributed by atoms with Crippen LogP contribution in [0, 0.1) is 0 Å². The predicted octanol–water partition coefficient (Wildman–Crippen LogP) is 15.8. The van der Waals surface area contributed by atoms with E-state index in [1.54, 1.807) is 0 Å². The van der Waals surface area contributed by atoms with Crippen LogP contribution in [0.15, 0.2) is 218 Å². The van der Waals surface area contributed by atoms with Crippen LogP contribution in [-0.4, -0.2) is 0 Å². The first kappa shape index (κ1) is 32.2. The summed E-state index contributed by atoms with van der Waals surface area (Å²) < 4.78 is 0. The lowest BCUT2D eigenvalue weighted by Crippen LogP contribution is -1.93. The molecule has 0 heterocycles. The average Bonchev–Trinajstić information content (AvgIpc) is 3.27. The summed E-state index contributed by atoms with van der Waals surface area (Å²) in [5, 5.41) is 12.6. The highest BCUT2D eigenvalue weighted by Gasteiger charge is 2.19. The number of benzene rings is 11. The Morgan fingerprint density at radius 1 is 0.179 bits per heavy atom. The first-order valence-electron chi connectivity index (χ1n) is 19.4. The summed E-state index contributed by atoms with van der Waals surface area (Å²) in [7, 11) is 0. The van der Waals surface area contributed by atoms with Gasteiger partial charge < -0.3 is 0 Å². The van der Waals surface area contributed by atoms with Crippen LogP contribution in [0.2, 0.25) is 0 Å². The minimum atomic E-state index is 1.20. The quantitative estimate of drug-likeness (QED) is 0.156. The molecule has 11 aromatic carbocycles. The van der Waals surface area contributed by atoms with Crippen LogP contribution in [0.25, 0.3) is 109 Å². The molecule has 0 aromatic heterocycles. The third-order valence-corrected chi connectivity index (χ3v) is 11.7. The summed E-state index contributed by atoms with van der Waals surface area (Å²) in [6.07, 6.45) is 0. The van der Waals surface area contributed by atoms with Gasteiger partial charge in [0.15, 0.2) is 0 Å². The lowest BCUT2D eigenvalue weighted by molar-refractivity contribution is 1.61. The second kappa shape index (κ2) is 13.2. The summed E-state index contributed by atoms with van der Waals surface area (Å²) in [5.41, 5.74) is 12.4. The first-order chi connectivity index (χ1) is 27.8. The number of hydrogen-bond donors (Lipinski definition) is 0. The van der Waals surface area contributed by atoms with E-state index in [9.17, 15) is 0 Å². The van der Waals surface area contributed by atoms with E-state index in [1.165, 1.54) is 109 Å². The summed E-state index contributed by atoms with van der Waals surface area (Å²) >= 11 is 0. The van der Waals surface area contributed by atoms with Crippen LogP contribution < -0.4 is 0 Å². The van der Waals surface area contributed by atoms with E-state index in [0.29, 0.717) is 0 Å². The number of hydrogen-bond acceptors (Lipinski definition) is 0. The minimum absolute atomic E-state index is 1.20. The zero-order valence-electron chi connectivity index (χ0n) is 30.8. The van der Waals surface area contributed by atoms with Crippen LogP contribution >= 0.6 is 0 Å². The van der Waals surface area contributed by atoms with E-state index >= 15 is 0 Å². The number of rotatable bonds is 5. The van der Waals surface area contributed by atoms with Gasteiger partial charge in [0.2, 0.25) is 0 Å². The maximum absolute atomic E-state index is 2.43. The minimum Gasteiger partial charge on any atom is -0.0616 e. The molecule has 0 nitrogen and oxygen atoms in total. The molecule has 11 aromatic rings. The molecule has 0 aliphatic rings. The van der Waals surface area contributed by atoms with Crippen molar-refractivity contribution in [3.05, 3.63) is 218 Å². The normalized spacial score (nSPS) is 11.6. The molecule has 0 atom stereocenters.